The van der Waals surface area contributed by atoms with E-state index in [9.17, 15) is 9.59 Å². The molecule has 1 aliphatic carbocycles. The molecule has 3 heterocycles. The number of rotatable bonds is 5. The van der Waals surface area contributed by atoms with Gasteiger partial charge in [0.1, 0.15) is 0 Å². The minimum absolute atomic E-state index is 0.113. The van der Waals surface area contributed by atoms with E-state index in [0.717, 1.165) is 32.5 Å². The van der Waals surface area contributed by atoms with E-state index in [4.69, 9.17) is 9.47 Å². The molecule has 2 amide bonds. The molecule has 3 aliphatic heterocycles. The number of ether oxygens (including phenoxy) is 2. The maximum Gasteiger partial charge on any atom is 0.410 e. The number of amides is 2. The van der Waals surface area contributed by atoms with Gasteiger partial charge in [0.15, 0.2) is 0 Å². The van der Waals surface area contributed by atoms with Gasteiger partial charge < -0.3 is 14.4 Å². The molecule has 1 saturated carbocycles. The van der Waals surface area contributed by atoms with Crippen LogP contribution in [0.1, 0.15) is 40.5 Å². The summed E-state index contributed by atoms with van der Waals surface area (Å²) in [6.07, 6.45) is 1.70. The highest BCUT2D eigenvalue weighted by molar-refractivity contribution is 5.83. The third-order valence-electron chi connectivity index (χ3n) is 7.25. The Hall–Kier alpha value is -1.34. The fourth-order valence-corrected chi connectivity index (χ4v) is 5.87. The molecule has 7 heteroatoms. The van der Waals surface area contributed by atoms with Gasteiger partial charge in [-0.05, 0) is 52.4 Å². The van der Waals surface area contributed by atoms with Crippen LogP contribution in [0.4, 0.5) is 4.79 Å². The van der Waals surface area contributed by atoms with Crippen molar-refractivity contribution >= 4 is 12.0 Å². The molecule has 2 unspecified atom stereocenters. The van der Waals surface area contributed by atoms with E-state index in [-0.39, 0.29) is 30.1 Å². The van der Waals surface area contributed by atoms with Gasteiger partial charge in [0.2, 0.25) is 5.91 Å². The smallest absolute Gasteiger partial charge is 0.410 e. The fraction of sp³-hybridized carbons (Fsp3) is 0.905. The van der Waals surface area contributed by atoms with Gasteiger partial charge in [-0.25, -0.2) is 4.79 Å². The van der Waals surface area contributed by atoms with Crippen molar-refractivity contribution in [1.29, 1.82) is 0 Å². The molecule has 0 aromatic rings. The summed E-state index contributed by atoms with van der Waals surface area (Å²) in [6.45, 7) is 12.6. The zero-order chi connectivity index (χ0) is 20.0. The Balaban J connectivity index is 1.34. The van der Waals surface area contributed by atoms with Gasteiger partial charge in [-0.3, -0.25) is 14.6 Å². The topological polar surface area (TPSA) is 62.3 Å². The van der Waals surface area contributed by atoms with Crippen LogP contribution in [0.5, 0.6) is 0 Å². The second-order valence-electron chi connectivity index (χ2n) is 9.10. The molecular weight excluding hydrogens is 358 g/mol. The maximum absolute atomic E-state index is 12.8. The van der Waals surface area contributed by atoms with Gasteiger partial charge in [-0.15, -0.1) is 0 Å². The van der Waals surface area contributed by atoms with Gasteiger partial charge in [0.05, 0.1) is 31.9 Å². The lowest BCUT2D eigenvalue weighted by atomic mass is 9.89. The molecule has 0 aromatic carbocycles. The van der Waals surface area contributed by atoms with Crippen LogP contribution in [-0.4, -0.2) is 90.3 Å². The van der Waals surface area contributed by atoms with Crippen molar-refractivity contribution in [3.63, 3.8) is 0 Å². The van der Waals surface area contributed by atoms with Crippen molar-refractivity contribution in [1.82, 2.24) is 14.7 Å². The zero-order valence-corrected chi connectivity index (χ0v) is 17.7. The van der Waals surface area contributed by atoms with Gasteiger partial charge in [0.25, 0.3) is 0 Å². The van der Waals surface area contributed by atoms with Crippen LogP contribution in [0.25, 0.3) is 0 Å². The largest absolute Gasteiger partial charge is 0.450 e. The van der Waals surface area contributed by atoms with Crippen LogP contribution in [0, 0.1) is 17.8 Å². The number of morpholine rings is 1. The van der Waals surface area contributed by atoms with Crippen molar-refractivity contribution in [2.75, 3.05) is 39.5 Å². The molecule has 4 fully saturated rings. The van der Waals surface area contributed by atoms with Crippen LogP contribution in [-0.2, 0) is 14.3 Å². The second-order valence-corrected chi connectivity index (χ2v) is 9.10. The molecule has 158 valence electrons. The molecule has 5 atom stereocenters. The minimum Gasteiger partial charge on any atom is -0.450 e. The summed E-state index contributed by atoms with van der Waals surface area (Å²) in [5, 5.41) is 0. The summed E-state index contributed by atoms with van der Waals surface area (Å²) in [4.78, 5) is 31.7. The highest BCUT2D eigenvalue weighted by Gasteiger charge is 2.61. The lowest BCUT2D eigenvalue weighted by Crippen LogP contribution is -2.62. The maximum atomic E-state index is 12.8. The first kappa shape index (κ1) is 20.0. The standard InChI is InChI=1S/C21H35N3O4/c1-5-23(13(3)4)20(25)19-17-9-22(10-18(17)19)14-7-15-11-27-12-16(8-14)24(15)21(26)28-6-2/h13-19H,5-12H2,1-4H3/t14?,15?,16?,17-,18+,19+. The molecule has 0 radical (unpaired) electrons. The summed E-state index contributed by atoms with van der Waals surface area (Å²) < 4.78 is 11.0. The van der Waals surface area contributed by atoms with Gasteiger partial charge >= 0.3 is 6.09 Å². The molecule has 3 saturated heterocycles. The molecule has 7 nitrogen and oxygen atoms in total. The van der Waals surface area contributed by atoms with Crippen molar-refractivity contribution in [2.45, 2.75) is 64.7 Å². The van der Waals surface area contributed by atoms with Crippen LogP contribution < -0.4 is 0 Å². The lowest BCUT2D eigenvalue weighted by molar-refractivity contribution is -0.135. The number of hydrogen-bond donors (Lipinski definition) is 0. The van der Waals surface area contributed by atoms with Crippen LogP contribution in [0.3, 0.4) is 0 Å². The molecule has 0 spiro atoms. The minimum atomic E-state index is -0.192. The van der Waals surface area contributed by atoms with Crippen LogP contribution in [0.2, 0.25) is 0 Å². The Morgan fingerprint density at radius 2 is 1.68 bits per heavy atom. The average molecular weight is 394 g/mol. The highest BCUT2D eigenvalue weighted by Crippen LogP contribution is 2.54. The van der Waals surface area contributed by atoms with Crippen molar-refractivity contribution < 1.29 is 19.1 Å². The number of nitrogens with zero attached hydrogens (tertiary/aromatic N) is 3. The Morgan fingerprint density at radius 1 is 1.07 bits per heavy atom. The summed E-state index contributed by atoms with van der Waals surface area (Å²) in [5.74, 6) is 1.65. The fourth-order valence-electron chi connectivity index (χ4n) is 5.87. The summed E-state index contributed by atoms with van der Waals surface area (Å²) in [6, 6.07) is 0.992. The van der Waals surface area contributed by atoms with E-state index < -0.39 is 0 Å². The number of piperidine rings is 2. The van der Waals surface area contributed by atoms with Crippen molar-refractivity contribution in [3.05, 3.63) is 0 Å². The molecule has 28 heavy (non-hydrogen) atoms. The summed E-state index contributed by atoms with van der Waals surface area (Å²) >= 11 is 0. The highest BCUT2D eigenvalue weighted by atomic mass is 16.6. The number of fused-ring (bicyclic) bond motifs is 3. The first-order valence-electron chi connectivity index (χ1n) is 11.0. The van der Waals surface area contributed by atoms with Gasteiger partial charge in [-0.1, -0.05) is 0 Å². The van der Waals surface area contributed by atoms with E-state index in [0.29, 0.717) is 43.6 Å². The van der Waals surface area contributed by atoms with Crippen LogP contribution in [0.15, 0.2) is 0 Å². The Labute approximate surface area is 168 Å². The third-order valence-corrected chi connectivity index (χ3v) is 7.25. The van der Waals surface area contributed by atoms with E-state index in [1.807, 2.05) is 16.7 Å². The Bertz CT molecular complexity index is 586. The van der Waals surface area contributed by atoms with E-state index in [1.54, 1.807) is 0 Å². The van der Waals surface area contributed by atoms with Crippen molar-refractivity contribution in [3.8, 4) is 0 Å². The number of likely N-dealkylation sites (tertiary alicyclic amines) is 1. The monoisotopic (exact) mass is 393 g/mol. The van der Waals surface area contributed by atoms with E-state index >= 15 is 0 Å². The SMILES string of the molecule is CCOC(=O)N1C2COCC1CC(N1C[C@@H]3[C@H](C1)[C@H]3C(=O)N(CC)C(C)C)C2. The Morgan fingerprint density at radius 3 is 2.18 bits per heavy atom. The summed E-state index contributed by atoms with van der Waals surface area (Å²) in [5.41, 5.74) is 0. The quantitative estimate of drug-likeness (QED) is 0.713. The molecule has 4 aliphatic rings. The lowest BCUT2D eigenvalue weighted by Gasteiger charge is -2.49. The third kappa shape index (κ3) is 3.41. The molecular formula is C21H35N3O4. The van der Waals surface area contributed by atoms with Crippen LogP contribution >= 0.6 is 0 Å². The first-order valence-corrected chi connectivity index (χ1v) is 11.0. The van der Waals surface area contributed by atoms with Crippen molar-refractivity contribution in [2.24, 2.45) is 17.8 Å². The van der Waals surface area contributed by atoms with E-state index in [1.165, 1.54) is 0 Å². The number of hydrogen-bond acceptors (Lipinski definition) is 5. The molecule has 0 aromatic heterocycles. The Kier molecular flexibility index (Phi) is 5.58. The normalized spacial score (nSPS) is 37.0. The predicted octanol–water partition coefficient (Wildman–Crippen LogP) is 1.81. The second kappa shape index (κ2) is 7.82. The first-order chi connectivity index (χ1) is 13.5. The molecule has 2 bridgehead atoms. The van der Waals surface area contributed by atoms with Gasteiger partial charge in [-0.2, -0.15) is 0 Å². The van der Waals surface area contributed by atoms with E-state index in [2.05, 4.69) is 25.7 Å². The predicted molar refractivity (Wildman–Crippen MR) is 105 cm³/mol. The molecule has 0 N–H and O–H groups in total. The average Bonchev–Trinajstić information content (AvgIpc) is 3.14. The number of carbonyl (C=O) groups excluding carboxylic acids is 2. The zero-order valence-electron chi connectivity index (χ0n) is 17.7. The summed E-state index contributed by atoms with van der Waals surface area (Å²) in [7, 11) is 0. The van der Waals surface area contributed by atoms with Gasteiger partial charge in [0, 0.05) is 37.6 Å². The number of carbonyl (C=O) groups is 2. The molecule has 4 rings (SSSR count).